The van der Waals surface area contributed by atoms with Crippen LogP contribution in [-0.2, 0) is 0 Å². The number of anilines is 3. The first-order valence-corrected chi connectivity index (χ1v) is 21.4. The largest absolute Gasteiger partial charge is 0.310 e. The lowest BCUT2D eigenvalue weighted by Gasteiger charge is -2.26. The van der Waals surface area contributed by atoms with Crippen LogP contribution in [0.25, 0.3) is 96.6 Å². The number of thiophene rings is 1. The number of fused-ring (bicyclic) bond motifs is 9. The van der Waals surface area contributed by atoms with Crippen LogP contribution in [0.4, 0.5) is 17.1 Å². The van der Waals surface area contributed by atoms with Crippen molar-refractivity contribution < 1.29 is 0 Å². The molecule has 0 fully saturated rings. The average Bonchev–Trinajstić information content (AvgIpc) is 3.70. The van der Waals surface area contributed by atoms with Gasteiger partial charge in [0.2, 0.25) is 0 Å². The predicted molar refractivity (Wildman–Crippen MR) is 260 cm³/mol. The van der Waals surface area contributed by atoms with Gasteiger partial charge in [0.25, 0.3) is 0 Å². The molecular formula is C58H37NS. The highest BCUT2D eigenvalue weighted by Crippen LogP contribution is 2.46. The minimum atomic E-state index is 1.11. The lowest BCUT2D eigenvalue weighted by molar-refractivity contribution is 1.30. The molecule has 12 rings (SSSR count). The molecule has 0 N–H and O–H groups in total. The van der Waals surface area contributed by atoms with Gasteiger partial charge in [-0.15, -0.1) is 11.3 Å². The molecule has 0 saturated carbocycles. The third-order valence-electron chi connectivity index (χ3n) is 12.2. The second-order valence-corrected chi connectivity index (χ2v) is 16.7. The third kappa shape index (κ3) is 5.68. The van der Waals surface area contributed by atoms with Crippen LogP contribution in [0.2, 0.25) is 0 Å². The Morgan fingerprint density at radius 2 is 0.750 bits per heavy atom. The van der Waals surface area contributed by atoms with Crippen molar-refractivity contribution in [2.45, 2.75) is 0 Å². The normalized spacial score (nSPS) is 11.7. The van der Waals surface area contributed by atoms with E-state index in [9.17, 15) is 0 Å². The Balaban J connectivity index is 1.02. The van der Waals surface area contributed by atoms with Gasteiger partial charge in [-0.2, -0.15) is 0 Å². The van der Waals surface area contributed by atoms with E-state index in [-0.39, 0.29) is 0 Å². The van der Waals surface area contributed by atoms with Crippen molar-refractivity contribution in [3.05, 3.63) is 224 Å². The molecule has 11 aromatic carbocycles. The molecule has 0 saturated heterocycles. The van der Waals surface area contributed by atoms with Crippen molar-refractivity contribution in [2.75, 3.05) is 4.90 Å². The van der Waals surface area contributed by atoms with Crippen molar-refractivity contribution in [1.82, 2.24) is 0 Å². The summed E-state index contributed by atoms with van der Waals surface area (Å²) in [4.78, 5) is 2.41. The van der Waals surface area contributed by atoms with Gasteiger partial charge in [-0.05, 0) is 125 Å². The molecule has 0 aliphatic carbocycles. The van der Waals surface area contributed by atoms with Gasteiger partial charge >= 0.3 is 0 Å². The first-order chi connectivity index (χ1) is 29.7. The summed E-state index contributed by atoms with van der Waals surface area (Å²) in [7, 11) is 0. The molecule has 280 valence electrons. The number of hydrogen-bond donors (Lipinski definition) is 0. The van der Waals surface area contributed by atoms with E-state index in [1.54, 1.807) is 0 Å². The number of nitrogens with zero attached hydrogens (tertiary/aromatic N) is 1. The molecule has 0 amide bonds. The van der Waals surface area contributed by atoms with Crippen LogP contribution in [0.3, 0.4) is 0 Å². The van der Waals surface area contributed by atoms with Gasteiger partial charge in [0.15, 0.2) is 0 Å². The van der Waals surface area contributed by atoms with E-state index >= 15 is 0 Å². The minimum absolute atomic E-state index is 1.11. The van der Waals surface area contributed by atoms with Crippen LogP contribution in [0, 0.1) is 0 Å². The lowest BCUT2D eigenvalue weighted by atomic mass is 9.84. The highest BCUT2D eigenvalue weighted by atomic mass is 32.1. The van der Waals surface area contributed by atoms with Gasteiger partial charge in [-0.1, -0.05) is 176 Å². The molecule has 60 heavy (non-hydrogen) atoms. The van der Waals surface area contributed by atoms with Gasteiger partial charge in [-0.25, -0.2) is 0 Å². The number of benzene rings is 11. The standard InChI is InChI=1S/C58H37NS/c1-3-14-40(15-4-1)57-53-21-10-9-19-49(53)50-32-27-42(36-54(50)58(57)41-16-5-2-6-17-41)38-25-28-44(29-26-38)59(46-31-34-52-51-20-11-12-22-55(51)60-56(52)37-46)45-30-33-48-43(35-45)24-23-39-13-7-8-18-47(39)48/h1-37H. The molecule has 12 aromatic rings. The quantitative estimate of drug-likeness (QED) is 0.152. The molecule has 2 heteroatoms. The molecule has 1 nitrogen and oxygen atoms in total. The second kappa shape index (κ2) is 14.1. The van der Waals surface area contributed by atoms with Crippen LogP contribution >= 0.6 is 11.3 Å². The molecule has 0 atom stereocenters. The van der Waals surface area contributed by atoms with Gasteiger partial charge in [0.1, 0.15) is 0 Å². The maximum atomic E-state index is 2.41. The van der Waals surface area contributed by atoms with Crippen LogP contribution in [-0.4, -0.2) is 0 Å². The van der Waals surface area contributed by atoms with Crippen molar-refractivity contribution in [3.63, 3.8) is 0 Å². The lowest BCUT2D eigenvalue weighted by Crippen LogP contribution is -2.09. The molecule has 0 radical (unpaired) electrons. The Labute approximate surface area is 352 Å². The summed E-state index contributed by atoms with van der Waals surface area (Å²) in [5.41, 5.74) is 10.7. The predicted octanol–water partition coefficient (Wildman–Crippen LogP) is 17.1. The Morgan fingerprint density at radius 3 is 1.52 bits per heavy atom. The van der Waals surface area contributed by atoms with Gasteiger partial charge < -0.3 is 4.90 Å². The molecule has 0 spiro atoms. The monoisotopic (exact) mass is 779 g/mol. The second-order valence-electron chi connectivity index (χ2n) is 15.6. The zero-order chi connectivity index (χ0) is 39.6. The maximum absolute atomic E-state index is 2.41. The zero-order valence-electron chi connectivity index (χ0n) is 32.7. The topological polar surface area (TPSA) is 3.24 Å². The fourth-order valence-corrected chi connectivity index (χ4v) is 10.6. The summed E-state index contributed by atoms with van der Waals surface area (Å²) in [5.74, 6) is 0. The summed E-state index contributed by atoms with van der Waals surface area (Å²) in [6.07, 6.45) is 0. The SMILES string of the molecule is c1ccc(-c2c(-c3ccccc3)c3cc(-c4ccc(N(c5ccc6c(ccc7ccccc76)c5)c5ccc6c(c5)sc5ccccc56)cc4)ccc3c3ccccc23)cc1. The number of hydrogen-bond acceptors (Lipinski definition) is 2. The van der Waals surface area contributed by atoms with E-state index in [1.807, 2.05) is 11.3 Å². The Kier molecular flexibility index (Phi) is 8.11. The Morgan fingerprint density at radius 1 is 0.250 bits per heavy atom. The molecule has 1 aromatic heterocycles. The van der Waals surface area contributed by atoms with E-state index in [0.717, 1.165) is 17.1 Å². The molecule has 1 heterocycles. The minimum Gasteiger partial charge on any atom is -0.310 e. The van der Waals surface area contributed by atoms with Crippen molar-refractivity contribution in [2.24, 2.45) is 0 Å². The van der Waals surface area contributed by atoms with Gasteiger partial charge in [-0.3, -0.25) is 0 Å². The Hall–Kier alpha value is -7.52. The van der Waals surface area contributed by atoms with E-state index < -0.39 is 0 Å². The average molecular weight is 780 g/mol. The summed E-state index contributed by atoms with van der Waals surface area (Å²) >= 11 is 1.86. The van der Waals surface area contributed by atoms with E-state index in [4.69, 9.17) is 0 Å². The first-order valence-electron chi connectivity index (χ1n) is 20.6. The smallest absolute Gasteiger partial charge is 0.0476 e. The zero-order valence-corrected chi connectivity index (χ0v) is 33.5. The van der Waals surface area contributed by atoms with E-state index in [1.165, 1.54) is 96.6 Å². The van der Waals surface area contributed by atoms with Crippen LogP contribution in [0.1, 0.15) is 0 Å². The number of rotatable bonds is 6. The van der Waals surface area contributed by atoms with Crippen molar-refractivity contribution in [1.29, 1.82) is 0 Å². The van der Waals surface area contributed by atoms with Crippen LogP contribution in [0.15, 0.2) is 224 Å². The maximum Gasteiger partial charge on any atom is 0.0476 e. The first kappa shape index (κ1) is 34.5. The summed E-state index contributed by atoms with van der Waals surface area (Å²) < 4.78 is 2.60. The van der Waals surface area contributed by atoms with Crippen LogP contribution in [0.5, 0.6) is 0 Å². The fourth-order valence-electron chi connectivity index (χ4n) is 9.42. The van der Waals surface area contributed by atoms with Crippen LogP contribution < -0.4 is 4.90 Å². The fraction of sp³-hybridized carbons (Fsp3) is 0. The molecule has 0 unspecified atom stereocenters. The van der Waals surface area contributed by atoms with Gasteiger partial charge in [0, 0.05) is 37.2 Å². The summed E-state index contributed by atoms with van der Waals surface area (Å²) in [6, 6.07) is 82.6. The highest BCUT2D eigenvalue weighted by molar-refractivity contribution is 7.25. The molecule has 0 aliphatic rings. The van der Waals surface area contributed by atoms with E-state index in [2.05, 4.69) is 229 Å². The molecule has 0 bridgehead atoms. The Bertz CT molecular complexity index is 3590. The highest BCUT2D eigenvalue weighted by Gasteiger charge is 2.20. The summed E-state index contributed by atoms with van der Waals surface area (Å²) in [6.45, 7) is 0. The third-order valence-corrected chi connectivity index (χ3v) is 13.4. The summed E-state index contributed by atoms with van der Waals surface area (Å²) in [5, 5.41) is 12.7. The molecule has 0 aliphatic heterocycles. The van der Waals surface area contributed by atoms with E-state index in [0.29, 0.717) is 0 Å². The molecular weight excluding hydrogens is 743 g/mol. The van der Waals surface area contributed by atoms with Gasteiger partial charge in [0.05, 0.1) is 0 Å². The van der Waals surface area contributed by atoms with Crippen molar-refractivity contribution >= 4 is 91.7 Å². The van der Waals surface area contributed by atoms with Crippen molar-refractivity contribution in [3.8, 4) is 33.4 Å².